The Morgan fingerprint density at radius 1 is 1.55 bits per heavy atom. The van der Waals surface area contributed by atoms with E-state index in [-0.39, 0.29) is 10.6 Å². The van der Waals surface area contributed by atoms with Gasteiger partial charge in [0.2, 0.25) is 0 Å². The van der Waals surface area contributed by atoms with Gasteiger partial charge in [0.05, 0.1) is 9.40 Å². The highest BCUT2D eigenvalue weighted by atomic mass is 79.9. The summed E-state index contributed by atoms with van der Waals surface area (Å²) < 4.78 is 0.514. The summed E-state index contributed by atoms with van der Waals surface area (Å²) in [5.74, 6) is 0.614. The molecule has 0 bridgehead atoms. The monoisotopic (exact) mass is 341 g/mol. The number of hydrogen-bond acceptors (Lipinski definition) is 4. The quantitative estimate of drug-likeness (QED) is 0.672. The van der Waals surface area contributed by atoms with E-state index in [0.29, 0.717) is 16.4 Å². The standard InChI is InChI=1S/C14H20BrN3O2/c1-10(11-4-3-7-17(2)9-11)16-12-5-6-14(18(19)20)13(15)8-12/h5-6,8,10-11,16H,3-4,7,9H2,1-2H3. The molecule has 0 spiro atoms. The molecule has 5 nitrogen and oxygen atoms in total. The van der Waals surface area contributed by atoms with Gasteiger partial charge in [0.1, 0.15) is 0 Å². The summed E-state index contributed by atoms with van der Waals surface area (Å²) in [6, 6.07) is 5.44. The molecule has 0 saturated carbocycles. The maximum atomic E-state index is 10.8. The molecule has 2 unspecified atom stereocenters. The van der Waals surface area contributed by atoms with Gasteiger partial charge in [-0.1, -0.05) is 0 Å². The highest BCUT2D eigenvalue weighted by molar-refractivity contribution is 9.10. The minimum atomic E-state index is -0.382. The van der Waals surface area contributed by atoms with Gasteiger partial charge in [-0.05, 0) is 67.3 Å². The van der Waals surface area contributed by atoms with Crippen LogP contribution in [0.3, 0.4) is 0 Å². The molecule has 6 heteroatoms. The third kappa shape index (κ3) is 3.70. The lowest BCUT2D eigenvalue weighted by molar-refractivity contribution is -0.385. The van der Waals surface area contributed by atoms with Crippen LogP contribution in [0.5, 0.6) is 0 Å². The molecular formula is C14H20BrN3O2. The van der Waals surface area contributed by atoms with E-state index in [1.165, 1.54) is 25.5 Å². The lowest BCUT2D eigenvalue weighted by Crippen LogP contribution is -2.39. The topological polar surface area (TPSA) is 58.4 Å². The van der Waals surface area contributed by atoms with Crippen molar-refractivity contribution in [3.05, 3.63) is 32.8 Å². The van der Waals surface area contributed by atoms with Crippen molar-refractivity contribution in [3.63, 3.8) is 0 Å². The first-order valence-corrected chi connectivity index (χ1v) is 7.65. The van der Waals surface area contributed by atoms with Crippen LogP contribution in [0.4, 0.5) is 11.4 Å². The molecule has 110 valence electrons. The van der Waals surface area contributed by atoms with Crippen LogP contribution >= 0.6 is 15.9 Å². The third-order valence-electron chi connectivity index (χ3n) is 3.91. The van der Waals surface area contributed by atoms with E-state index in [2.05, 4.69) is 40.1 Å². The maximum absolute atomic E-state index is 10.8. The molecule has 0 aromatic heterocycles. The molecule has 1 aliphatic heterocycles. The minimum Gasteiger partial charge on any atom is -0.382 e. The number of nitrogens with zero attached hydrogens (tertiary/aromatic N) is 2. The van der Waals surface area contributed by atoms with Crippen LogP contribution in [0.25, 0.3) is 0 Å². The molecule has 20 heavy (non-hydrogen) atoms. The van der Waals surface area contributed by atoms with Crippen molar-refractivity contribution in [2.75, 3.05) is 25.5 Å². The average Bonchev–Trinajstić information content (AvgIpc) is 2.38. The smallest absolute Gasteiger partial charge is 0.283 e. The Labute approximate surface area is 127 Å². The van der Waals surface area contributed by atoms with E-state index >= 15 is 0 Å². The zero-order valence-corrected chi connectivity index (χ0v) is 13.4. The SMILES string of the molecule is CC(Nc1ccc([N+](=O)[O-])c(Br)c1)C1CCCN(C)C1. The van der Waals surface area contributed by atoms with E-state index in [1.807, 2.05) is 0 Å². The third-order valence-corrected chi connectivity index (χ3v) is 4.54. The Morgan fingerprint density at radius 3 is 2.90 bits per heavy atom. The predicted molar refractivity (Wildman–Crippen MR) is 84.1 cm³/mol. The molecule has 0 radical (unpaired) electrons. The first-order valence-electron chi connectivity index (χ1n) is 6.86. The number of piperidine rings is 1. The van der Waals surface area contributed by atoms with Gasteiger partial charge in [-0.25, -0.2) is 0 Å². The maximum Gasteiger partial charge on any atom is 0.283 e. The van der Waals surface area contributed by atoms with Crippen molar-refractivity contribution in [1.29, 1.82) is 0 Å². The summed E-state index contributed by atoms with van der Waals surface area (Å²) in [5, 5.41) is 14.2. The average molecular weight is 342 g/mol. The lowest BCUT2D eigenvalue weighted by Gasteiger charge is -2.34. The fourth-order valence-corrected chi connectivity index (χ4v) is 3.26. The van der Waals surface area contributed by atoms with Crippen LogP contribution in [0.15, 0.2) is 22.7 Å². The van der Waals surface area contributed by atoms with Crippen LogP contribution < -0.4 is 5.32 Å². The fourth-order valence-electron chi connectivity index (χ4n) is 2.74. The van der Waals surface area contributed by atoms with Gasteiger partial charge in [-0.2, -0.15) is 0 Å². The van der Waals surface area contributed by atoms with Crippen LogP contribution in [-0.2, 0) is 0 Å². The number of nitrogens with one attached hydrogen (secondary N) is 1. The largest absolute Gasteiger partial charge is 0.382 e. The number of nitro groups is 1. The van der Waals surface area contributed by atoms with Crippen LogP contribution in [-0.4, -0.2) is 36.0 Å². The van der Waals surface area contributed by atoms with E-state index in [0.717, 1.165) is 12.2 Å². The normalized spacial score (nSPS) is 21.4. The fraction of sp³-hybridized carbons (Fsp3) is 0.571. The first-order chi connectivity index (χ1) is 9.47. The van der Waals surface area contributed by atoms with Crippen molar-refractivity contribution in [3.8, 4) is 0 Å². The number of likely N-dealkylation sites (tertiary alicyclic amines) is 1. The Hall–Kier alpha value is -1.14. The van der Waals surface area contributed by atoms with E-state index in [1.54, 1.807) is 12.1 Å². The van der Waals surface area contributed by atoms with E-state index in [4.69, 9.17) is 0 Å². The molecule has 2 rings (SSSR count). The van der Waals surface area contributed by atoms with Gasteiger partial charge in [0.25, 0.3) is 5.69 Å². The highest BCUT2D eigenvalue weighted by Crippen LogP contribution is 2.29. The number of halogens is 1. The van der Waals surface area contributed by atoms with Crippen molar-refractivity contribution in [2.24, 2.45) is 5.92 Å². The van der Waals surface area contributed by atoms with Crippen molar-refractivity contribution < 1.29 is 4.92 Å². The number of benzene rings is 1. The molecule has 1 aliphatic rings. The number of nitro benzene ring substituents is 1. The van der Waals surface area contributed by atoms with Crippen LogP contribution in [0.2, 0.25) is 0 Å². The van der Waals surface area contributed by atoms with Gasteiger partial charge < -0.3 is 10.2 Å². The zero-order valence-electron chi connectivity index (χ0n) is 11.8. The molecule has 0 amide bonds. The van der Waals surface area contributed by atoms with Crippen LogP contribution in [0.1, 0.15) is 19.8 Å². The Balaban J connectivity index is 2.02. The second-order valence-corrected chi connectivity index (χ2v) is 6.38. The second kappa shape index (κ2) is 6.54. The minimum absolute atomic E-state index is 0.0978. The molecule has 2 atom stereocenters. The van der Waals surface area contributed by atoms with Gasteiger partial charge in [-0.15, -0.1) is 0 Å². The van der Waals surface area contributed by atoms with Crippen molar-refractivity contribution in [2.45, 2.75) is 25.8 Å². The number of rotatable bonds is 4. The Bertz CT molecular complexity index is 495. The van der Waals surface area contributed by atoms with Gasteiger partial charge in [0.15, 0.2) is 0 Å². The molecule has 1 aromatic carbocycles. The first kappa shape index (κ1) is 15.3. The summed E-state index contributed by atoms with van der Waals surface area (Å²) >= 11 is 3.25. The van der Waals surface area contributed by atoms with E-state index in [9.17, 15) is 10.1 Å². The number of hydrogen-bond donors (Lipinski definition) is 1. The molecule has 1 heterocycles. The Morgan fingerprint density at radius 2 is 2.30 bits per heavy atom. The molecule has 1 aromatic rings. The summed E-state index contributed by atoms with van der Waals surface area (Å²) in [4.78, 5) is 12.8. The van der Waals surface area contributed by atoms with Crippen LogP contribution in [0, 0.1) is 16.0 Å². The molecule has 1 fully saturated rings. The molecular weight excluding hydrogens is 322 g/mol. The van der Waals surface area contributed by atoms with Gasteiger partial charge >= 0.3 is 0 Å². The Kier molecular flexibility index (Phi) is 4.99. The highest BCUT2D eigenvalue weighted by Gasteiger charge is 2.23. The number of anilines is 1. The summed E-state index contributed by atoms with van der Waals surface area (Å²) in [6.07, 6.45) is 2.46. The lowest BCUT2D eigenvalue weighted by atomic mass is 9.92. The molecule has 1 N–H and O–H groups in total. The van der Waals surface area contributed by atoms with E-state index < -0.39 is 0 Å². The summed E-state index contributed by atoms with van der Waals surface area (Å²) in [6.45, 7) is 4.45. The second-order valence-electron chi connectivity index (χ2n) is 5.52. The molecule has 1 saturated heterocycles. The molecule has 0 aliphatic carbocycles. The summed E-state index contributed by atoms with van der Waals surface area (Å²) in [7, 11) is 2.15. The van der Waals surface area contributed by atoms with Crippen molar-refractivity contribution >= 4 is 27.3 Å². The predicted octanol–water partition coefficient (Wildman–Crippen LogP) is 3.50. The zero-order chi connectivity index (χ0) is 14.7. The van der Waals surface area contributed by atoms with Gasteiger partial charge in [-0.3, -0.25) is 10.1 Å². The van der Waals surface area contributed by atoms with Crippen molar-refractivity contribution in [1.82, 2.24) is 4.90 Å². The summed E-state index contributed by atoms with van der Waals surface area (Å²) in [5.41, 5.74) is 1.02. The van der Waals surface area contributed by atoms with Gasteiger partial charge in [0, 0.05) is 24.3 Å².